The summed E-state index contributed by atoms with van der Waals surface area (Å²) in [7, 11) is 0. The Morgan fingerprint density at radius 2 is 2.17 bits per heavy atom. The standard InChI is InChI=1S/C14H24N2OS/c1-4-5-6-9-15-14(17)12(3)16-10-13-8-7-11(2)18-13/h7-8,12,16H,4-6,9-10H2,1-3H3,(H,15,17). The molecule has 18 heavy (non-hydrogen) atoms. The first-order valence-electron chi connectivity index (χ1n) is 6.70. The minimum Gasteiger partial charge on any atom is -0.355 e. The first-order valence-corrected chi connectivity index (χ1v) is 7.51. The average Bonchev–Trinajstić information content (AvgIpc) is 2.77. The van der Waals surface area contributed by atoms with Crippen LogP contribution in [0.4, 0.5) is 0 Å². The van der Waals surface area contributed by atoms with Crippen LogP contribution in [0.2, 0.25) is 0 Å². The van der Waals surface area contributed by atoms with Gasteiger partial charge in [-0.05, 0) is 32.4 Å². The van der Waals surface area contributed by atoms with Crippen LogP contribution in [-0.4, -0.2) is 18.5 Å². The number of aryl methyl sites for hydroxylation is 1. The smallest absolute Gasteiger partial charge is 0.236 e. The zero-order valence-corrected chi connectivity index (χ0v) is 12.4. The van der Waals surface area contributed by atoms with Crippen LogP contribution >= 0.6 is 11.3 Å². The van der Waals surface area contributed by atoms with Gasteiger partial charge >= 0.3 is 0 Å². The van der Waals surface area contributed by atoms with Gasteiger partial charge in [0.05, 0.1) is 6.04 Å². The van der Waals surface area contributed by atoms with Crippen molar-refractivity contribution in [2.45, 2.75) is 52.6 Å². The average molecular weight is 268 g/mol. The van der Waals surface area contributed by atoms with Crippen LogP contribution in [0, 0.1) is 6.92 Å². The van der Waals surface area contributed by atoms with Crippen molar-refractivity contribution in [3.05, 3.63) is 21.9 Å². The van der Waals surface area contributed by atoms with E-state index in [1.165, 1.54) is 22.6 Å². The fourth-order valence-corrected chi connectivity index (χ4v) is 2.51. The van der Waals surface area contributed by atoms with Gasteiger partial charge in [0, 0.05) is 22.8 Å². The molecule has 102 valence electrons. The Kier molecular flexibility index (Phi) is 6.98. The van der Waals surface area contributed by atoms with Crippen LogP contribution in [-0.2, 0) is 11.3 Å². The third kappa shape index (κ3) is 5.65. The third-order valence-electron chi connectivity index (χ3n) is 2.85. The molecule has 0 saturated carbocycles. The summed E-state index contributed by atoms with van der Waals surface area (Å²) in [6, 6.07) is 4.09. The first kappa shape index (κ1) is 15.2. The molecule has 0 aliphatic rings. The van der Waals surface area contributed by atoms with Gasteiger partial charge in [0.1, 0.15) is 0 Å². The lowest BCUT2D eigenvalue weighted by molar-refractivity contribution is -0.122. The van der Waals surface area contributed by atoms with Crippen molar-refractivity contribution in [2.24, 2.45) is 0 Å². The monoisotopic (exact) mass is 268 g/mol. The molecule has 0 aliphatic heterocycles. The minimum absolute atomic E-state index is 0.0966. The van der Waals surface area contributed by atoms with Gasteiger partial charge in [-0.3, -0.25) is 4.79 Å². The number of amides is 1. The normalized spacial score (nSPS) is 12.4. The molecule has 0 spiro atoms. The fraction of sp³-hybridized carbons (Fsp3) is 0.643. The maximum absolute atomic E-state index is 11.8. The highest BCUT2D eigenvalue weighted by molar-refractivity contribution is 7.11. The van der Waals surface area contributed by atoms with Crippen LogP contribution in [0.3, 0.4) is 0 Å². The van der Waals surface area contributed by atoms with E-state index in [1.807, 2.05) is 6.92 Å². The van der Waals surface area contributed by atoms with Crippen molar-refractivity contribution in [1.29, 1.82) is 0 Å². The lowest BCUT2D eigenvalue weighted by atomic mass is 10.2. The molecule has 1 aromatic rings. The van der Waals surface area contributed by atoms with Crippen LogP contribution < -0.4 is 10.6 Å². The Hall–Kier alpha value is -0.870. The van der Waals surface area contributed by atoms with E-state index in [2.05, 4.69) is 36.6 Å². The number of thiophene rings is 1. The maximum Gasteiger partial charge on any atom is 0.236 e. The second-order valence-corrected chi connectivity index (χ2v) is 5.99. The van der Waals surface area contributed by atoms with Gasteiger partial charge in [0.2, 0.25) is 5.91 Å². The molecule has 4 heteroatoms. The molecule has 0 bridgehead atoms. The summed E-state index contributed by atoms with van der Waals surface area (Å²) in [5.41, 5.74) is 0. The number of unbranched alkanes of at least 4 members (excludes halogenated alkanes) is 2. The lowest BCUT2D eigenvalue weighted by Gasteiger charge is -2.13. The summed E-state index contributed by atoms with van der Waals surface area (Å²) in [4.78, 5) is 14.3. The van der Waals surface area contributed by atoms with E-state index in [0.717, 1.165) is 19.5 Å². The summed E-state index contributed by atoms with van der Waals surface area (Å²) in [5, 5.41) is 6.21. The summed E-state index contributed by atoms with van der Waals surface area (Å²) in [5.74, 6) is 0.0966. The van der Waals surface area contributed by atoms with Gasteiger partial charge in [-0.2, -0.15) is 0 Å². The highest BCUT2D eigenvalue weighted by Gasteiger charge is 2.11. The summed E-state index contributed by atoms with van der Waals surface area (Å²) in [6.07, 6.45) is 3.43. The topological polar surface area (TPSA) is 41.1 Å². The molecular formula is C14H24N2OS. The number of rotatable bonds is 8. The molecule has 2 N–H and O–H groups in total. The lowest BCUT2D eigenvalue weighted by Crippen LogP contribution is -2.42. The molecule has 1 amide bonds. The molecule has 1 unspecified atom stereocenters. The van der Waals surface area contributed by atoms with E-state index in [0.29, 0.717) is 0 Å². The molecule has 0 saturated heterocycles. The molecule has 0 aromatic carbocycles. The van der Waals surface area contributed by atoms with Gasteiger partial charge in [-0.1, -0.05) is 19.8 Å². The predicted octanol–water partition coefficient (Wildman–Crippen LogP) is 2.84. The molecule has 0 fully saturated rings. The molecule has 1 rings (SSSR count). The van der Waals surface area contributed by atoms with E-state index in [-0.39, 0.29) is 11.9 Å². The number of nitrogens with one attached hydrogen (secondary N) is 2. The minimum atomic E-state index is -0.131. The second kappa shape index (κ2) is 8.27. The van der Waals surface area contributed by atoms with Crippen molar-refractivity contribution < 1.29 is 4.79 Å². The van der Waals surface area contributed by atoms with Gasteiger partial charge < -0.3 is 10.6 Å². The summed E-state index contributed by atoms with van der Waals surface area (Å²) >= 11 is 1.77. The van der Waals surface area contributed by atoms with Gasteiger partial charge in [-0.25, -0.2) is 0 Å². The van der Waals surface area contributed by atoms with Gasteiger partial charge in [0.15, 0.2) is 0 Å². The van der Waals surface area contributed by atoms with Crippen LogP contribution in [0.1, 0.15) is 42.9 Å². The Balaban J connectivity index is 2.19. The first-order chi connectivity index (χ1) is 8.63. The van der Waals surface area contributed by atoms with E-state index >= 15 is 0 Å². The number of hydrogen-bond acceptors (Lipinski definition) is 3. The highest BCUT2D eigenvalue weighted by Crippen LogP contribution is 2.14. The second-order valence-electron chi connectivity index (χ2n) is 4.61. The molecule has 0 radical (unpaired) electrons. The van der Waals surface area contributed by atoms with Crippen LogP contribution in [0.25, 0.3) is 0 Å². The van der Waals surface area contributed by atoms with Crippen molar-refractivity contribution in [3.8, 4) is 0 Å². The summed E-state index contributed by atoms with van der Waals surface area (Å²) < 4.78 is 0. The van der Waals surface area contributed by atoms with Gasteiger partial charge in [0.25, 0.3) is 0 Å². The molecular weight excluding hydrogens is 244 g/mol. The molecule has 3 nitrogen and oxygen atoms in total. The number of carbonyl (C=O) groups excluding carboxylic acids is 1. The Bertz CT molecular complexity index is 362. The molecule has 1 heterocycles. The van der Waals surface area contributed by atoms with Crippen molar-refractivity contribution in [3.63, 3.8) is 0 Å². The number of carbonyl (C=O) groups is 1. The van der Waals surface area contributed by atoms with Crippen molar-refractivity contribution >= 4 is 17.2 Å². The Labute approximate surface area is 114 Å². The molecule has 1 aromatic heterocycles. The zero-order chi connectivity index (χ0) is 13.4. The third-order valence-corrected chi connectivity index (χ3v) is 3.85. The SMILES string of the molecule is CCCCCNC(=O)C(C)NCc1ccc(C)s1. The van der Waals surface area contributed by atoms with E-state index in [1.54, 1.807) is 11.3 Å². The Morgan fingerprint density at radius 3 is 2.78 bits per heavy atom. The Morgan fingerprint density at radius 1 is 1.39 bits per heavy atom. The van der Waals surface area contributed by atoms with E-state index < -0.39 is 0 Å². The van der Waals surface area contributed by atoms with Crippen molar-refractivity contribution in [1.82, 2.24) is 10.6 Å². The van der Waals surface area contributed by atoms with E-state index in [9.17, 15) is 4.79 Å². The maximum atomic E-state index is 11.8. The van der Waals surface area contributed by atoms with Gasteiger partial charge in [-0.15, -0.1) is 11.3 Å². The zero-order valence-electron chi connectivity index (χ0n) is 11.6. The fourth-order valence-electron chi connectivity index (χ4n) is 1.67. The predicted molar refractivity (Wildman–Crippen MR) is 77.9 cm³/mol. The molecule has 0 aliphatic carbocycles. The largest absolute Gasteiger partial charge is 0.355 e. The van der Waals surface area contributed by atoms with Crippen LogP contribution in [0.15, 0.2) is 12.1 Å². The van der Waals surface area contributed by atoms with Crippen LogP contribution in [0.5, 0.6) is 0 Å². The van der Waals surface area contributed by atoms with E-state index in [4.69, 9.17) is 0 Å². The number of hydrogen-bond donors (Lipinski definition) is 2. The quantitative estimate of drug-likeness (QED) is 0.712. The highest BCUT2D eigenvalue weighted by atomic mass is 32.1. The van der Waals surface area contributed by atoms with Crippen molar-refractivity contribution in [2.75, 3.05) is 6.54 Å². The summed E-state index contributed by atoms with van der Waals surface area (Å²) in [6.45, 7) is 7.72. The molecule has 1 atom stereocenters.